The number of furan rings is 1. The molecule has 3 nitrogen and oxygen atoms in total. The maximum absolute atomic E-state index is 13.0. The lowest BCUT2D eigenvalue weighted by Crippen LogP contribution is -2.13. The topological polar surface area (TPSA) is 42.2 Å². The summed E-state index contributed by atoms with van der Waals surface area (Å²) in [6.07, 6.45) is 0. The van der Waals surface area contributed by atoms with Crippen LogP contribution in [0.25, 0.3) is 11.3 Å². The van der Waals surface area contributed by atoms with Gasteiger partial charge in [-0.2, -0.15) is 0 Å². The third-order valence-corrected chi connectivity index (χ3v) is 3.92. The molecular weight excluding hydrogens is 305 g/mol. The zero-order valence-electron chi connectivity index (χ0n) is 13.8. The number of carbonyl (C=O) groups excluding carboxylic acids is 1. The molecule has 0 spiro atoms. The highest BCUT2D eigenvalue weighted by Gasteiger charge is 2.17. The Morgan fingerprint density at radius 1 is 1.00 bits per heavy atom. The number of amides is 1. The van der Waals surface area contributed by atoms with E-state index in [4.69, 9.17) is 4.42 Å². The van der Waals surface area contributed by atoms with E-state index in [0.29, 0.717) is 17.1 Å². The van der Waals surface area contributed by atoms with Gasteiger partial charge in [-0.1, -0.05) is 17.7 Å². The number of aryl methyl sites for hydroxylation is 3. The fourth-order valence-corrected chi connectivity index (χ4v) is 2.61. The van der Waals surface area contributed by atoms with Crippen LogP contribution >= 0.6 is 0 Å². The molecule has 3 aromatic rings. The van der Waals surface area contributed by atoms with Crippen LogP contribution in [0.15, 0.2) is 52.9 Å². The summed E-state index contributed by atoms with van der Waals surface area (Å²) in [7, 11) is 0. The van der Waals surface area contributed by atoms with Crippen molar-refractivity contribution in [3.8, 4) is 11.3 Å². The Kier molecular flexibility index (Phi) is 4.21. The lowest BCUT2D eigenvalue weighted by Gasteiger charge is -2.08. The number of rotatable bonds is 3. The van der Waals surface area contributed by atoms with Gasteiger partial charge in [-0.3, -0.25) is 4.79 Å². The molecule has 2 aromatic carbocycles. The Morgan fingerprint density at radius 2 is 1.71 bits per heavy atom. The fourth-order valence-electron chi connectivity index (χ4n) is 2.61. The van der Waals surface area contributed by atoms with Crippen LogP contribution in [0.4, 0.5) is 10.1 Å². The summed E-state index contributed by atoms with van der Waals surface area (Å²) in [6.45, 7) is 5.70. The lowest BCUT2D eigenvalue weighted by molar-refractivity contribution is 0.102. The zero-order chi connectivity index (χ0) is 17.3. The van der Waals surface area contributed by atoms with Gasteiger partial charge in [-0.25, -0.2) is 4.39 Å². The Hall–Kier alpha value is -2.88. The van der Waals surface area contributed by atoms with Gasteiger partial charge >= 0.3 is 0 Å². The largest absolute Gasteiger partial charge is 0.461 e. The normalized spacial score (nSPS) is 10.7. The van der Waals surface area contributed by atoms with Crippen LogP contribution in [0.1, 0.15) is 27.2 Å². The molecule has 0 atom stereocenters. The molecular formula is C20H18FNO2. The van der Waals surface area contributed by atoms with Gasteiger partial charge in [0.05, 0.1) is 5.56 Å². The summed E-state index contributed by atoms with van der Waals surface area (Å²) in [6, 6.07) is 13.5. The van der Waals surface area contributed by atoms with Crippen molar-refractivity contribution >= 4 is 11.6 Å². The number of carbonyl (C=O) groups is 1. The van der Waals surface area contributed by atoms with Crippen molar-refractivity contribution < 1.29 is 13.6 Å². The second-order valence-corrected chi connectivity index (χ2v) is 5.86. The highest BCUT2D eigenvalue weighted by Crippen LogP contribution is 2.26. The van der Waals surface area contributed by atoms with Gasteiger partial charge in [-0.15, -0.1) is 0 Å². The fraction of sp³-hybridized carbons (Fsp3) is 0.150. The first-order valence-corrected chi connectivity index (χ1v) is 7.69. The van der Waals surface area contributed by atoms with E-state index in [1.54, 1.807) is 25.1 Å². The van der Waals surface area contributed by atoms with Crippen molar-refractivity contribution in [3.63, 3.8) is 0 Å². The highest BCUT2D eigenvalue weighted by atomic mass is 19.1. The number of benzene rings is 2. The predicted molar refractivity (Wildman–Crippen MR) is 92.7 cm³/mol. The summed E-state index contributed by atoms with van der Waals surface area (Å²) < 4.78 is 18.7. The molecule has 0 unspecified atom stereocenters. The monoisotopic (exact) mass is 323 g/mol. The number of anilines is 1. The van der Waals surface area contributed by atoms with Crippen molar-refractivity contribution in [1.29, 1.82) is 0 Å². The zero-order valence-corrected chi connectivity index (χ0v) is 13.8. The van der Waals surface area contributed by atoms with Crippen LogP contribution in [-0.2, 0) is 0 Å². The summed E-state index contributed by atoms with van der Waals surface area (Å²) in [4.78, 5) is 12.5. The minimum atomic E-state index is -0.310. The number of halogens is 1. The minimum Gasteiger partial charge on any atom is -0.461 e. The molecule has 0 aliphatic heterocycles. The summed E-state index contributed by atoms with van der Waals surface area (Å²) in [5, 5.41) is 2.91. The molecule has 3 rings (SSSR count). The van der Waals surface area contributed by atoms with Gasteiger partial charge in [-0.05, 0) is 62.7 Å². The molecule has 1 aromatic heterocycles. The average Bonchev–Trinajstić information content (AvgIpc) is 2.93. The Bertz CT molecular complexity index is 895. The summed E-state index contributed by atoms with van der Waals surface area (Å²) >= 11 is 0. The molecule has 0 radical (unpaired) electrons. The smallest absolute Gasteiger partial charge is 0.259 e. The highest BCUT2D eigenvalue weighted by molar-refractivity contribution is 6.06. The van der Waals surface area contributed by atoms with E-state index in [1.165, 1.54) is 12.1 Å². The molecule has 24 heavy (non-hydrogen) atoms. The van der Waals surface area contributed by atoms with Gasteiger partial charge < -0.3 is 9.73 Å². The Morgan fingerprint density at radius 3 is 2.38 bits per heavy atom. The van der Waals surface area contributed by atoms with Crippen molar-refractivity contribution in [3.05, 3.63) is 76.8 Å². The summed E-state index contributed by atoms with van der Waals surface area (Å²) in [5.74, 6) is 0.529. The summed E-state index contributed by atoms with van der Waals surface area (Å²) in [5.41, 5.74) is 4.11. The molecule has 4 heteroatoms. The number of nitrogens with one attached hydrogen (secondary N) is 1. The molecule has 0 saturated carbocycles. The first-order valence-electron chi connectivity index (χ1n) is 7.69. The molecule has 0 aliphatic carbocycles. The van der Waals surface area contributed by atoms with Crippen LogP contribution in [0.3, 0.4) is 0 Å². The SMILES string of the molecule is Cc1ccc(NC(=O)c2cc(-c3ccc(F)cc3)oc2C)c(C)c1. The maximum atomic E-state index is 13.0. The molecule has 0 bridgehead atoms. The van der Waals surface area contributed by atoms with Gasteiger partial charge in [0, 0.05) is 11.3 Å². The minimum absolute atomic E-state index is 0.225. The van der Waals surface area contributed by atoms with E-state index in [2.05, 4.69) is 5.32 Å². The van der Waals surface area contributed by atoms with Crippen LogP contribution in [-0.4, -0.2) is 5.91 Å². The predicted octanol–water partition coefficient (Wildman–Crippen LogP) is 5.26. The molecule has 1 N–H and O–H groups in total. The van der Waals surface area contributed by atoms with Crippen LogP contribution in [0.5, 0.6) is 0 Å². The third kappa shape index (κ3) is 3.23. The quantitative estimate of drug-likeness (QED) is 0.714. The number of hydrogen-bond donors (Lipinski definition) is 1. The van der Waals surface area contributed by atoms with Gasteiger partial charge in [0.1, 0.15) is 17.3 Å². The van der Waals surface area contributed by atoms with Crippen molar-refractivity contribution in [2.45, 2.75) is 20.8 Å². The van der Waals surface area contributed by atoms with Gasteiger partial charge in [0.2, 0.25) is 0 Å². The molecule has 1 heterocycles. The second kappa shape index (κ2) is 6.32. The van der Waals surface area contributed by atoms with Gasteiger partial charge in [0.25, 0.3) is 5.91 Å². The van der Waals surface area contributed by atoms with Crippen LogP contribution < -0.4 is 5.32 Å². The van der Waals surface area contributed by atoms with Crippen LogP contribution in [0, 0.1) is 26.6 Å². The molecule has 122 valence electrons. The average molecular weight is 323 g/mol. The second-order valence-electron chi connectivity index (χ2n) is 5.86. The third-order valence-electron chi connectivity index (χ3n) is 3.92. The van der Waals surface area contributed by atoms with Crippen LogP contribution in [0.2, 0.25) is 0 Å². The standard InChI is InChI=1S/C20H18FNO2/c1-12-4-9-18(13(2)10-12)22-20(23)17-11-19(24-14(17)3)15-5-7-16(21)8-6-15/h4-11H,1-3H3,(H,22,23). The first-order chi connectivity index (χ1) is 11.4. The van der Waals surface area contributed by atoms with Crippen molar-refractivity contribution in [1.82, 2.24) is 0 Å². The molecule has 1 amide bonds. The van der Waals surface area contributed by atoms with E-state index < -0.39 is 0 Å². The number of hydrogen-bond acceptors (Lipinski definition) is 2. The van der Waals surface area contributed by atoms with E-state index in [9.17, 15) is 9.18 Å². The van der Waals surface area contributed by atoms with E-state index in [0.717, 1.165) is 22.4 Å². The van der Waals surface area contributed by atoms with Crippen molar-refractivity contribution in [2.75, 3.05) is 5.32 Å². The van der Waals surface area contributed by atoms with Gasteiger partial charge in [0.15, 0.2) is 0 Å². The van der Waals surface area contributed by atoms with E-state index in [-0.39, 0.29) is 11.7 Å². The maximum Gasteiger partial charge on any atom is 0.259 e. The Labute approximate surface area is 140 Å². The van der Waals surface area contributed by atoms with E-state index >= 15 is 0 Å². The molecule has 0 saturated heterocycles. The Balaban J connectivity index is 1.86. The van der Waals surface area contributed by atoms with Crippen molar-refractivity contribution in [2.24, 2.45) is 0 Å². The van der Waals surface area contributed by atoms with E-state index in [1.807, 2.05) is 32.0 Å². The first kappa shape index (κ1) is 16.0. The molecule has 0 aliphatic rings. The molecule has 0 fully saturated rings. The lowest BCUT2D eigenvalue weighted by atomic mass is 10.1.